The molecule has 0 bridgehead atoms. The molecule has 1 saturated heterocycles. The topological polar surface area (TPSA) is 125 Å². The van der Waals surface area contributed by atoms with Crippen LogP contribution in [-0.4, -0.2) is 56.8 Å². The fraction of sp³-hybridized carbons (Fsp3) is 0.391. The lowest BCUT2D eigenvalue weighted by Crippen LogP contribution is -2.22. The number of aryl methyl sites for hydroxylation is 2. The van der Waals surface area contributed by atoms with E-state index < -0.39 is 5.91 Å². The zero-order valence-electron chi connectivity index (χ0n) is 18.5. The molecule has 4 N–H and O–H groups in total. The maximum atomic E-state index is 11.4. The molecule has 3 heterocycles. The Balaban J connectivity index is 1.51. The molecule has 0 saturated carbocycles. The van der Waals surface area contributed by atoms with E-state index in [0.717, 1.165) is 35.4 Å². The second-order valence-electron chi connectivity index (χ2n) is 8.19. The molecule has 1 aromatic carbocycles. The van der Waals surface area contributed by atoms with Crippen LogP contribution >= 0.6 is 0 Å². The smallest absolute Gasteiger partial charge is 0.251 e. The number of carbonyl (C=O) groups is 1. The Morgan fingerprint density at radius 2 is 1.88 bits per heavy atom. The van der Waals surface area contributed by atoms with Crippen molar-refractivity contribution in [1.82, 2.24) is 24.6 Å². The number of nitrogens with zero attached hydrogens (tertiary/aromatic N) is 5. The molecular formula is C23H29N7O2. The largest absolute Gasteiger partial charge is 0.493 e. The number of likely N-dealkylation sites (tertiary alicyclic amines) is 1. The van der Waals surface area contributed by atoms with Crippen LogP contribution < -0.4 is 16.2 Å². The summed E-state index contributed by atoms with van der Waals surface area (Å²) in [6.07, 6.45) is 8.13. The van der Waals surface area contributed by atoms with Crippen molar-refractivity contribution in [1.29, 1.82) is 0 Å². The van der Waals surface area contributed by atoms with E-state index in [1.54, 1.807) is 6.20 Å². The van der Waals surface area contributed by atoms with Crippen LogP contribution in [0.25, 0.3) is 17.1 Å². The van der Waals surface area contributed by atoms with E-state index in [1.807, 2.05) is 26.0 Å². The van der Waals surface area contributed by atoms with Gasteiger partial charge in [0.25, 0.3) is 5.91 Å². The van der Waals surface area contributed by atoms with Gasteiger partial charge in [0.2, 0.25) is 0 Å². The van der Waals surface area contributed by atoms with Crippen LogP contribution in [0.4, 0.5) is 5.82 Å². The number of hydrogen-bond acceptors (Lipinski definition) is 7. The zero-order chi connectivity index (χ0) is 22.7. The Morgan fingerprint density at radius 1 is 1.16 bits per heavy atom. The fourth-order valence-electron chi connectivity index (χ4n) is 4.06. The quantitative estimate of drug-likeness (QED) is 0.521. The highest BCUT2D eigenvalue weighted by atomic mass is 16.5. The Morgan fingerprint density at radius 3 is 2.53 bits per heavy atom. The predicted molar refractivity (Wildman–Crippen MR) is 123 cm³/mol. The molecule has 1 amide bonds. The number of anilines is 1. The highest BCUT2D eigenvalue weighted by Crippen LogP contribution is 2.30. The summed E-state index contributed by atoms with van der Waals surface area (Å²) in [4.78, 5) is 22.8. The standard InChI is InChI=1S/C23H29N7O2/c1-15-10-17(11-16(2)20(15)32-9-5-8-29-6-3-4-7-29)19-13-26-21(24)23(28-19)30-14-18(12-27-30)22(25)31/h10-14H,3-9H2,1-2H3,(H2,24,26)(H2,25,31). The van der Waals surface area contributed by atoms with Gasteiger partial charge in [-0.2, -0.15) is 5.10 Å². The first-order valence-corrected chi connectivity index (χ1v) is 10.9. The zero-order valence-corrected chi connectivity index (χ0v) is 18.5. The molecule has 4 rings (SSSR count). The average Bonchev–Trinajstić information content (AvgIpc) is 3.45. The number of hydrogen-bond donors (Lipinski definition) is 2. The van der Waals surface area contributed by atoms with Crippen molar-refractivity contribution in [2.24, 2.45) is 5.73 Å². The third-order valence-electron chi connectivity index (χ3n) is 5.69. The van der Waals surface area contributed by atoms with E-state index >= 15 is 0 Å². The van der Waals surface area contributed by atoms with Gasteiger partial charge in [0, 0.05) is 18.3 Å². The van der Waals surface area contributed by atoms with Crippen LogP contribution in [0.15, 0.2) is 30.7 Å². The van der Waals surface area contributed by atoms with E-state index in [1.165, 1.54) is 43.0 Å². The van der Waals surface area contributed by atoms with Crippen LogP contribution in [0, 0.1) is 13.8 Å². The summed E-state index contributed by atoms with van der Waals surface area (Å²) in [6.45, 7) is 8.27. The van der Waals surface area contributed by atoms with Gasteiger partial charge in [-0.1, -0.05) is 0 Å². The van der Waals surface area contributed by atoms with E-state index in [2.05, 4.69) is 20.0 Å². The molecule has 1 fully saturated rings. The fourth-order valence-corrected chi connectivity index (χ4v) is 4.06. The van der Waals surface area contributed by atoms with Gasteiger partial charge >= 0.3 is 0 Å². The summed E-state index contributed by atoms with van der Waals surface area (Å²) < 4.78 is 7.52. The molecule has 3 aromatic rings. The second kappa shape index (κ2) is 9.35. The minimum Gasteiger partial charge on any atom is -0.493 e. The molecule has 168 valence electrons. The third-order valence-corrected chi connectivity index (χ3v) is 5.69. The lowest BCUT2D eigenvalue weighted by Gasteiger charge is -2.17. The summed E-state index contributed by atoms with van der Waals surface area (Å²) in [5.74, 6) is 0.894. The minimum atomic E-state index is -0.568. The van der Waals surface area contributed by atoms with Gasteiger partial charge in [0.05, 0.1) is 30.3 Å². The van der Waals surface area contributed by atoms with Crippen LogP contribution in [0.3, 0.4) is 0 Å². The Hall–Kier alpha value is -3.46. The maximum absolute atomic E-state index is 11.4. The van der Waals surface area contributed by atoms with Crippen molar-refractivity contribution in [3.8, 4) is 22.8 Å². The first kappa shape index (κ1) is 21.8. The minimum absolute atomic E-state index is 0.208. The van der Waals surface area contributed by atoms with Crippen molar-refractivity contribution in [3.05, 3.63) is 47.4 Å². The number of rotatable bonds is 8. The van der Waals surface area contributed by atoms with E-state index in [0.29, 0.717) is 18.1 Å². The molecule has 0 aliphatic carbocycles. The number of benzene rings is 1. The number of ether oxygens (including phenoxy) is 1. The summed E-state index contributed by atoms with van der Waals surface area (Å²) in [5.41, 5.74) is 15.2. The Kier molecular flexibility index (Phi) is 6.36. The lowest BCUT2D eigenvalue weighted by molar-refractivity contribution is 0.100. The maximum Gasteiger partial charge on any atom is 0.251 e. The summed E-state index contributed by atoms with van der Waals surface area (Å²) in [6, 6.07) is 4.06. The molecule has 0 atom stereocenters. The molecular weight excluding hydrogens is 406 g/mol. The molecule has 0 unspecified atom stereocenters. The number of nitrogens with two attached hydrogens (primary N) is 2. The molecule has 1 aliphatic heterocycles. The molecule has 2 aromatic heterocycles. The number of amides is 1. The highest BCUT2D eigenvalue weighted by Gasteiger charge is 2.15. The van der Waals surface area contributed by atoms with Crippen molar-refractivity contribution < 1.29 is 9.53 Å². The van der Waals surface area contributed by atoms with Crippen molar-refractivity contribution in [3.63, 3.8) is 0 Å². The van der Waals surface area contributed by atoms with Crippen molar-refractivity contribution >= 4 is 11.7 Å². The van der Waals surface area contributed by atoms with Crippen molar-refractivity contribution in [2.45, 2.75) is 33.1 Å². The molecule has 32 heavy (non-hydrogen) atoms. The third kappa shape index (κ3) is 4.72. The van der Waals surface area contributed by atoms with Crippen LogP contribution in [0.2, 0.25) is 0 Å². The molecule has 9 heteroatoms. The van der Waals surface area contributed by atoms with Crippen LogP contribution in [0.5, 0.6) is 5.75 Å². The van der Waals surface area contributed by atoms with E-state index in [9.17, 15) is 4.79 Å². The van der Waals surface area contributed by atoms with Crippen LogP contribution in [0.1, 0.15) is 40.7 Å². The summed E-state index contributed by atoms with van der Waals surface area (Å²) in [7, 11) is 0. The number of primary amides is 1. The van der Waals surface area contributed by atoms with E-state index in [4.69, 9.17) is 16.2 Å². The van der Waals surface area contributed by atoms with Crippen molar-refractivity contribution in [2.75, 3.05) is 32.0 Å². The first-order chi connectivity index (χ1) is 15.4. The predicted octanol–water partition coefficient (Wildman–Crippen LogP) is 2.49. The number of aromatic nitrogens is 4. The van der Waals surface area contributed by atoms with Gasteiger partial charge < -0.3 is 21.1 Å². The van der Waals surface area contributed by atoms with Gasteiger partial charge in [0.1, 0.15) is 5.75 Å². The first-order valence-electron chi connectivity index (χ1n) is 10.9. The normalized spacial score (nSPS) is 14.1. The molecule has 0 radical (unpaired) electrons. The Bertz CT molecular complexity index is 1100. The number of nitrogen functional groups attached to an aromatic ring is 1. The second-order valence-corrected chi connectivity index (χ2v) is 8.19. The van der Waals surface area contributed by atoms with Gasteiger partial charge in [-0.25, -0.2) is 14.6 Å². The SMILES string of the molecule is Cc1cc(-c2cnc(N)c(-n3cc(C(N)=O)cn3)n2)cc(C)c1OCCCN1CCCC1. The Labute approximate surface area is 187 Å². The number of carbonyl (C=O) groups excluding carboxylic acids is 1. The summed E-state index contributed by atoms with van der Waals surface area (Å²) >= 11 is 0. The molecule has 1 aliphatic rings. The van der Waals surface area contributed by atoms with Gasteiger partial charge in [-0.3, -0.25) is 4.79 Å². The van der Waals surface area contributed by atoms with Gasteiger partial charge in [-0.05, 0) is 69.5 Å². The molecule has 9 nitrogen and oxygen atoms in total. The van der Waals surface area contributed by atoms with Crippen LogP contribution in [-0.2, 0) is 0 Å². The van der Waals surface area contributed by atoms with E-state index in [-0.39, 0.29) is 11.4 Å². The average molecular weight is 436 g/mol. The van der Waals surface area contributed by atoms with Gasteiger partial charge in [0.15, 0.2) is 11.6 Å². The van der Waals surface area contributed by atoms with Gasteiger partial charge in [-0.15, -0.1) is 0 Å². The lowest BCUT2D eigenvalue weighted by atomic mass is 10.0. The highest BCUT2D eigenvalue weighted by molar-refractivity contribution is 5.92. The summed E-state index contributed by atoms with van der Waals surface area (Å²) in [5, 5.41) is 4.13. The molecule has 0 spiro atoms. The monoisotopic (exact) mass is 435 g/mol.